The standard InChI is InChI=1S/C13H19NO/c1-2-15-13(12(14)10-8-9-10)11-6-4-3-5-7-11/h3-7,10,12-13H,2,8-9,14H2,1H3. The van der Waals surface area contributed by atoms with E-state index in [1.807, 2.05) is 25.1 Å². The Labute approximate surface area is 91.4 Å². The van der Waals surface area contributed by atoms with Gasteiger partial charge in [0.1, 0.15) is 0 Å². The minimum absolute atomic E-state index is 0.0729. The molecule has 0 heterocycles. The molecule has 1 aromatic carbocycles. The van der Waals surface area contributed by atoms with E-state index in [2.05, 4.69) is 12.1 Å². The van der Waals surface area contributed by atoms with Gasteiger partial charge in [-0.15, -0.1) is 0 Å². The van der Waals surface area contributed by atoms with E-state index < -0.39 is 0 Å². The molecule has 2 nitrogen and oxygen atoms in total. The minimum Gasteiger partial charge on any atom is -0.372 e. The first-order valence-electron chi connectivity index (χ1n) is 5.75. The summed E-state index contributed by atoms with van der Waals surface area (Å²) in [6.45, 7) is 2.75. The lowest BCUT2D eigenvalue weighted by atomic mass is 9.99. The normalized spacial score (nSPS) is 19.9. The predicted molar refractivity (Wildman–Crippen MR) is 61.5 cm³/mol. The van der Waals surface area contributed by atoms with Crippen LogP contribution in [0.5, 0.6) is 0 Å². The molecule has 1 aliphatic carbocycles. The van der Waals surface area contributed by atoms with Gasteiger partial charge in [0.25, 0.3) is 0 Å². The second-order valence-corrected chi connectivity index (χ2v) is 4.20. The zero-order chi connectivity index (χ0) is 10.7. The molecule has 2 atom stereocenters. The summed E-state index contributed by atoms with van der Waals surface area (Å²) in [5, 5.41) is 0. The average Bonchev–Trinajstić information content (AvgIpc) is 3.10. The molecule has 0 aliphatic heterocycles. The van der Waals surface area contributed by atoms with Crippen LogP contribution in [0.15, 0.2) is 30.3 Å². The summed E-state index contributed by atoms with van der Waals surface area (Å²) in [5.41, 5.74) is 7.42. The number of benzene rings is 1. The van der Waals surface area contributed by atoms with Crippen molar-refractivity contribution in [2.75, 3.05) is 6.61 Å². The van der Waals surface area contributed by atoms with E-state index >= 15 is 0 Å². The highest BCUT2D eigenvalue weighted by molar-refractivity contribution is 5.20. The number of nitrogens with two attached hydrogens (primary N) is 1. The predicted octanol–water partition coefficient (Wildman–Crippen LogP) is 2.50. The second-order valence-electron chi connectivity index (χ2n) is 4.20. The summed E-state index contributed by atoms with van der Waals surface area (Å²) >= 11 is 0. The summed E-state index contributed by atoms with van der Waals surface area (Å²) in [5.74, 6) is 0.668. The summed E-state index contributed by atoms with van der Waals surface area (Å²) < 4.78 is 5.77. The molecule has 2 N–H and O–H groups in total. The van der Waals surface area contributed by atoms with Gasteiger partial charge in [0.2, 0.25) is 0 Å². The third-order valence-corrected chi connectivity index (χ3v) is 2.99. The van der Waals surface area contributed by atoms with Gasteiger partial charge in [-0.2, -0.15) is 0 Å². The van der Waals surface area contributed by atoms with Crippen molar-refractivity contribution in [3.63, 3.8) is 0 Å². The van der Waals surface area contributed by atoms with E-state index in [1.165, 1.54) is 18.4 Å². The molecule has 0 radical (unpaired) electrons. The highest BCUT2D eigenvalue weighted by Gasteiger charge is 2.34. The molecule has 0 saturated heterocycles. The van der Waals surface area contributed by atoms with Crippen LogP contribution >= 0.6 is 0 Å². The van der Waals surface area contributed by atoms with E-state index in [9.17, 15) is 0 Å². The second kappa shape index (κ2) is 4.77. The fraction of sp³-hybridized carbons (Fsp3) is 0.538. The molecule has 1 aromatic rings. The van der Waals surface area contributed by atoms with E-state index in [1.54, 1.807) is 0 Å². The lowest BCUT2D eigenvalue weighted by molar-refractivity contribution is 0.0379. The zero-order valence-electron chi connectivity index (χ0n) is 9.23. The van der Waals surface area contributed by atoms with Gasteiger partial charge in [0.05, 0.1) is 6.10 Å². The van der Waals surface area contributed by atoms with Crippen LogP contribution in [-0.4, -0.2) is 12.6 Å². The Hall–Kier alpha value is -0.860. The Balaban J connectivity index is 2.11. The molecule has 82 valence electrons. The molecule has 0 aromatic heterocycles. The topological polar surface area (TPSA) is 35.2 Å². The molecule has 0 bridgehead atoms. The third-order valence-electron chi connectivity index (χ3n) is 2.99. The number of rotatable bonds is 5. The van der Waals surface area contributed by atoms with Crippen LogP contribution in [0, 0.1) is 5.92 Å². The van der Waals surface area contributed by atoms with Crippen LogP contribution in [-0.2, 0) is 4.74 Å². The van der Waals surface area contributed by atoms with Gasteiger partial charge in [-0.1, -0.05) is 30.3 Å². The minimum atomic E-state index is 0.0729. The molecule has 1 fully saturated rings. The van der Waals surface area contributed by atoms with Gasteiger partial charge < -0.3 is 10.5 Å². The van der Waals surface area contributed by atoms with Crippen molar-refractivity contribution >= 4 is 0 Å². The van der Waals surface area contributed by atoms with Gasteiger partial charge in [-0.25, -0.2) is 0 Å². The van der Waals surface area contributed by atoms with Crippen LogP contribution < -0.4 is 5.73 Å². The van der Waals surface area contributed by atoms with E-state index in [0.717, 1.165) is 6.61 Å². The Morgan fingerprint density at radius 2 is 2.00 bits per heavy atom. The SMILES string of the molecule is CCOC(c1ccccc1)C(N)C1CC1. The number of hydrogen-bond donors (Lipinski definition) is 1. The van der Waals surface area contributed by atoms with Crippen molar-refractivity contribution in [2.24, 2.45) is 11.7 Å². The van der Waals surface area contributed by atoms with Crippen molar-refractivity contribution < 1.29 is 4.74 Å². The maximum atomic E-state index is 6.22. The Morgan fingerprint density at radius 3 is 2.53 bits per heavy atom. The summed E-state index contributed by atoms with van der Waals surface area (Å²) in [4.78, 5) is 0. The van der Waals surface area contributed by atoms with Gasteiger partial charge in [0, 0.05) is 12.6 Å². The highest BCUT2D eigenvalue weighted by atomic mass is 16.5. The Bertz CT molecular complexity index is 295. The van der Waals surface area contributed by atoms with Crippen LogP contribution in [0.2, 0.25) is 0 Å². The number of ether oxygens (including phenoxy) is 1. The highest BCUT2D eigenvalue weighted by Crippen LogP contribution is 2.38. The fourth-order valence-electron chi connectivity index (χ4n) is 1.98. The van der Waals surface area contributed by atoms with Gasteiger partial charge in [0.15, 0.2) is 0 Å². The third kappa shape index (κ3) is 2.58. The van der Waals surface area contributed by atoms with Crippen molar-refractivity contribution in [1.29, 1.82) is 0 Å². The van der Waals surface area contributed by atoms with Crippen molar-refractivity contribution in [2.45, 2.75) is 31.9 Å². The quantitative estimate of drug-likeness (QED) is 0.801. The average molecular weight is 205 g/mol. The van der Waals surface area contributed by atoms with Crippen LogP contribution in [0.3, 0.4) is 0 Å². The van der Waals surface area contributed by atoms with Gasteiger partial charge in [-0.05, 0) is 31.2 Å². The molecular formula is C13H19NO. The Kier molecular flexibility index (Phi) is 3.39. The lowest BCUT2D eigenvalue weighted by Crippen LogP contribution is -2.32. The maximum absolute atomic E-state index is 6.22. The van der Waals surface area contributed by atoms with Gasteiger partial charge in [-0.3, -0.25) is 0 Å². The molecule has 15 heavy (non-hydrogen) atoms. The van der Waals surface area contributed by atoms with Crippen molar-refractivity contribution in [1.82, 2.24) is 0 Å². The van der Waals surface area contributed by atoms with E-state index in [-0.39, 0.29) is 12.1 Å². The van der Waals surface area contributed by atoms with Crippen LogP contribution in [0.25, 0.3) is 0 Å². The van der Waals surface area contributed by atoms with Crippen molar-refractivity contribution in [3.05, 3.63) is 35.9 Å². The van der Waals surface area contributed by atoms with Gasteiger partial charge >= 0.3 is 0 Å². The fourth-order valence-corrected chi connectivity index (χ4v) is 1.98. The smallest absolute Gasteiger partial charge is 0.0978 e. The maximum Gasteiger partial charge on any atom is 0.0978 e. The first kappa shape index (κ1) is 10.7. The van der Waals surface area contributed by atoms with E-state index in [0.29, 0.717) is 5.92 Å². The molecular weight excluding hydrogens is 186 g/mol. The molecule has 0 amide bonds. The molecule has 1 saturated carbocycles. The lowest BCUT2D eigenvalue weighted by Gasteiger charge is -2.24. The van der Waals surface area contributed by atoms with Crippen LogP contribution in [0.1, 0.15) is 31.4 Å². The van der Waals surface area contributed by atoms with E-state index in [4.69, 9.17) is 10.5 Å². The zero-order valence-corrected chi connectivity index (χ0v) is 9.23. The summed E-state index contributed by atoms with van der Waals surface area (Å²) in [6.07, 6.45) is 2.60. The summed E-state index contributed by atoms with van der Waals surface area (Å²) in [6, 6.07) is 10.5. The molecule has 1 aliphatic rings. The summed E-state index contributed by atoms with van der Waals surface area (Å²) in [7, 11) is 0. The number of hydrogen-bond acceptors (Lipinski definition) is 2. The first-order valence-corrected chi connectivity index (χ1v) is 5.75. The van der Waals surface area contributed by atoms with Crippen molar-refractivity contribution in [3.8, 4) is 0 Å². The largest absolute Gasteiger partial charge is 0.372 e. The molecule has 2 rings (SSSR count). The molecule has 2 heteroatoms. The first-order chi connectivity index (χ1) is 7.33. The molecule has 2 unspecified atom stereocenters. The molecule has 0 spiro atoms. The Morgan fingerprint density at radius 1 is 1.33 bits per heavy atom. The van der Waals surface area contributed by atoms with Crippen LogP contribution in [0.4, 0.5) is 0 Å². The monoisotopic (exact) mass is 205 g/mol.